The van der Waals surface area contributed by atoms with Crippen LogP contribution >= 0.6 is 0 Å². The second-order valence-electron chi connectivity index (χ2n) is 4.10. The highest BCUT2D eigenvalue weighted by Gasteiger charge is 2.36. The van der Waals surface area contributed by atoms with Crippen molar-refractivity contribution >= 4 is 5.97 Å². The Hall–Kier alpha value is -0.570. The van der Waals surface area contributed by atoms with Crippen LogP contribution < -0.4 is 0 Å². The van der Waals surface area contributed by atoms with Gasteiger partial charge < -0.3 is 10.2 Å². The number of hydrogen-bond donors (Lipinski definition) is 2. The average Bonchev–Trinajstić information content (AvgIpc) is 2.11. The molecule has 0 amide bonds. The lowest BCUT2D eigenvalue weighted by Gasteiger charge is -2.29. The summed E-state index contributed by atoms with van der Waals surface area (Å²) in [7, 11) is 0. The summed E-state index contributed by atoms with van der Waals surface area (Å²) in [6.07, 6.45) is 2.98. The fourth-order valence-electron chi connectivity index (χ4n) is 1.85. The summed E-state index contributed by atoms with van der Waals surface area (Å²) in [5.74, 6) is -0.769. The SMILES string of the molecule is CCCCC(CC)(CC(C)O)C(=O)O. The number of aliphatic hydroxyl groups excluding tert-OH is 1. The van der Waals surface area contributed by atoms with Gasteiger partial charge in [0.25, 0.3) is 0 Å². The second-order valence-corrected chi connectivity index (χ2v) is 4.10. The van der Waals surface area contributed by atoms with E-state index >= 15 is 0 Å². The second kappa shape index (κ2) is 6.02. The standard InChI is InChI=1S/C11H22O3/c1-4-6-7-11(5-2,10(13)14)8-9(3)12/h9,12H,4-8H2,1-3H3,(H,13,14). The molecule has 0 aliphatic heterocycles. The van der Waals surface area contributed by atoms with Crippen LogP contribution in [-0.2, 0) is 4.79 Å². The van der Waals surface area contributed by atoms with Crippen LogP contribution in [0.4, 0.5) is 0 Å². The fraction of sp³-hybridized carbons (Fsp3) is 0.909. The van der Waals surface area contributed by atoms with Crippen molar-refractivity contribution in [2.24, 2.45) is 5.41 Å². The highest BCUT2D eigenvalue weighted by atomic mass is 16.4. The number of unbranched alkanes of at least 4 members (excludes halogenated alkanes) is 1. The third kappa shape index (κ3) is 3.66. The number of hydrogen-bond acceptors (Lipinski definition) is 2. The van der Waals surface area contributed by atoms with E-state index in [1.165, 1.54) is 0 Å². The number of aliphatic carboxylic acids is 1. The van der Waals surface area contributed by atoms with E-state index < -0.39 is 17.5 Å². The van der Waals surface area contributed by atoms with Gasteiger partial charge in [0.2, 0.25) is 0 Å². The molecule has 0 aliphatic rings. The van der Waals surface area contributed by atoms with Gasteiger partial charge in [-0.15, -0.1) is 0 Å². The Morgan fingerprint density at radius 3 is 2.29 bits per heavy atom. The minimum Gasteiger partial charge on any atom is -0.481 e. The third-order valence-corrected chi connectivity index (χ3v) is 2.83. The number of carboxylic acids is 1. The summed E-state index contributed by atoms with van der Waals surface area (Å²) in [6, 6.07) is 0. The predicted octanol–water partition coefficient (Wildman–Crippen LogP) is 2.43. The lowest BCUT2D eigenvalue weighted by molar-refractivity contribution is -0.151. The molecule has 0 aromatic carbocycles. The van der Waals surface area contributed by atoms with Gasteiger partial charge in [0, 0.05) is 0 Å². The molecule has 0 aliphatic carbocycles. The lowest BCUT2D eigenvalue weighted by atomic mass is 9.76. The van der Waals surface area contributed by atoms with Crippen molar-refractivity contribution in [2.75, 3.05) is 0 Å². The van der Waals surface area contributed by atoms with Crippen molar-refractivity contribution in [3.63, 3.8) is 0 Å². The highest BCUT2D eigenvalue weighted by molar-refractivity contribution is 5.74. The van der Waals surface area contributed by atoms with Crippen LogP contribution in [0.25, 0.3) is 0 Å². The number of carboxylic acid groups (broad SMARTS) is 1. The Kier molecular flexibility index (Phi) is 5.77. The van der Waals surface area contributed by atoms with Gasteiger partial charge in [-0.05, 0) is 26.2 Å². The molecule has 14 heavy (non-hydrogen) atoms. The molecule has 2 N–H and O–H groups in total. The topological polar surface area (TPSA) is 57.5 Å². The van der Waals surface area contributed by atoms with Gasteiger partial charge in [-0.1, -0.05) is 26.7 Å². The first-order chi connectivity index (χ1) is 6.48. The molecule has 0 radical (unpaired) electrons. The lowest BCUT2D eigenvalue weighted by Crippen LogP contribution is -2.33. The van der Waals surface area contributed by atoms with E-state index in [1.54, 1.807) is 6.92 Å². The van der Waals surface area contributed by atoms with Crippen molar-refractivity contribution in [2.45, 2.75) is 59.0 Å². The summed E-state index contributed by atoms with van der Waals surface area (Å²) < 4.78 is 0. The zero-order valence-corrected chi connectivity index (χ0v) is 9.42. The van der Waals surface area contributed by atoms with Crippen molar-refractivity contribution in [3.8, 4) is 0 Å². The maximum atomic E-state index is 11.2. The zero-order valence-electron chi connectivity index (χ0n) is 9.42. The average molecular weight is 202 g/mol. The first kappa shape index (κ1) is 13.4. The molecule has 84 valence electrons. The molecule has 2 atom stereocenters. The van der Waals surface area contributed by atoms with E-state index in [4.69, 9.17) is 0 Å². The Morgan fingerprint density at radius 2 is 2.00 bits per heavy atom. The normalized spacial score (nSPS) is 17.4. The maximum absolute atomic E-state index is 11.2. The first-order valence-electron chi connectivity index (χ1n) is 5.40. The molecule has 0 saturated carbocycles. The van der Waals surface area contributed by atoms with Gasteiger partial charge in [-0.3, -0.25) is 4.79 Å². The monoisotopic (exact) mass is 202 g/mol. The predicted molar refractivity (Wildman–Crippen MR) is 56.2 cm³/mol. The van der Waals surface area contributed by atoms with Gasteiger partial charge in [0.05, 0.1) is 11.5 Å². The zero-order chi connectivity index (χ0) is 11.2. The van der Waals surface area contributed by atoms with E-state index in [1.807, 2.05) is 13.8 Å². The van der Waals surface area contributed by atoms with Crippen molar-refractivity contribution < 1.29 is 15.0 Å². The highest BCUT2D eigenvalue weighted by Crippen LogP contribution is 2.34. The first-order valence-corrected chi connectivity index (χ1v) is 5.40. The molecule has 3 heteroatoms. The Labute approximate surface area is 86.1 Å². The smallest absolute Gasteiger partial charge is 0.309 e. The summed E-state index contributed by atoms with van der Waals surface area (Å²) in [5.41, 5.74) is -0.718. The van der Waals surface area contributed by atoms with Gasteiger partial charge in [-0.2, -0.15) is 0 Å². The molecule has 0 rings (SSSR count). The van der Waals surface area contributed by atoms with Crippen molar-refractivity contribution in [1.29, 1.82) is 0 Å². The molecule has 0 fully saturated rings. The molecule has 0 aromatic heterocycles. The Balaban J connectivity index is 4.51. The summed E-state index contributed by atoms with van der Waals surface area (Å²) >= 11 is 0. The van der Waals surface area contributed by atoms with E-state index in [2.05, 4.69) is 0 Å². The van der Waals surface area contributed by atoms with Crippen LogP contribution in [0.15, 0.2) is 0 Å². The maximum Gasteiger partial charge on any atom is 0.309 e. The third-order valence-electron chi connectivity index (χ3n) is 2.83. The summed E-state index contributed by atoms with van der Waals surface area (Å²) in [4.78, 5) is 11.2. The number of carbonyl (C=O) groups is 1. The Morgan fingerprint density at radius 1 is 1.43 bits per heavy atom. The van der Waals surface area contributed by atoms with E-state index in [-0.39, 0.29) is 0 Å². The molecule has 0 bridgehead atoms. The number of aliphatic hydroxyl groups is 1. The summed E-state index contributed by atoms with van der Waals surface area (Å²) in [5, 5.41) is 18.5. The van der Waals surface area contributed by atoms with Crippen LogP contribution in [0.2, 0.25) is 0 Å². The van der Waals surface area contributed by atoms with Gasteiger partial charge in [0.15, 0.2) is 0 Å². The van der Waals surface area contributed by atoms with Crippen molar-refractivity contribution in [3.05, 3.63) is 0 Å². The van der Waals surface area contributed by atoms with Gasteiger partial charge >= 0.3 is 5.97 Å². The molecule has 0 saturated heterocycles. The fourth-order valence-corrected chi connectivity index (χ4v) is 1.85. The number of rotatable bonds is 7. The molecular formula is C11H22O3. The minimum absolute atomic E-state index is 0.360. The van der Waals surface area contributed by atoms with Crippen LogP contribution in [0.1, 0.15) is 52.9 Å². The van der Waals surface area contributed by atoms with Crippen molar-refractivity contribution in [1.82, 2.24) is 0 Å². The van der Waals surface area contributed by atoms with Gasteiger partial charge in [0.1, 0.15) is 0 Å². The van der Waals surface area contributed by atoms with E-state index in [0.29, 0.717) is 19.3 Å². The summed E-state index contributed by atoms with van der Waals surface area (Å²) in [6.45, 7) is 5.58. The molecule has 0 spiro atoms. The molecule has 0 heterocycles. The molecule has 2 unspecified atom stereocenters. The minimum atomic E-state index is -0.769. The molecular weight excluding hydrogens is 180 g/mol. The van der Waals surface area contributed by atoms with Crippen LogP contribution in [0, 0.1) is 5.41 Å². The van der Waals surface area contributed by atoms with Crippen LogP contribution in [0.3, 0.4) is 0 Å². The van der Waals surface area contributed by atoms with Crippen LogP contribution in [0.5, 0.6) is 0 Å². The van der Waals surface area contributed by atoms with E-state index in [0.717, 1.165) is 12.8 Å². The largest absolute Gasteiger partial charge is 0.481 e. The van der Waals surface area contributed by atoms with E-state index in [9.17, 15) is 15.0 Å². The quantitative estimate of drug-likeness (QED) is 0.666. The molecule has 3 nitrogen and oxygen atoms in total. The van der Waals surface area contributed by atoms with Gasteiger partial charge in [-0.25, -0.2) is 0 Å². The van der Waals surface area contributed by atoms with Crippen LogP contribution in [-0.4, -0.2) is 22.3 Å². The molecule has 0 aromatic rings. The Bertz CT molecular complexity index is 177.